The molecule has 1 aromatic rings. The van der Waals surface area contributed by atoms with Gasteiger partial charge < -0.3 is 4.84 Å². The SMILES string of the molecule is C[C@H](NOC(=O)c1ccccc1)C1CCCCC1. The molecule has 1 aliphatic rings. The third kappa shape index (κ3) is 3.57. The van der Waals surface area contributed by atoms with Gasteiger partial charge in [-0.2, -0.15) is 0 Å². The maximum atomic E-state index is 11.7. The predicted molar refractivity (Wildman–Crippen MR) is 71.0 cm³/mol. The fraction of sp³-hybridized carbons (Fsp3) is 0.533. The summed E-state index contributed by atoms with van der Waals surface area (Å²) < 4.78 is 0. The molecule has 2 rings (SSSR count). The van der Waals surface area contributed by atoms with E-state index in [2.05, 4.69) is 12.4 Å². The molecule has 3 heteroatoms. The third-order valence-electron chi connectivity index (χ3n) is 3.70. The second-order valence-electron chi connectivity index (χ2n) is 5.06. The van der Waals surface area contributed by atoms with Gasteiger partial charge in [-0.05, 0) is 37.8 Å². The van der Waals surface area contributed by atoms with Crippen LogP contribution in [0.5, 0.6) is 0 Å². The quantitative estimate of drug-likeness (QED) is 0.829. The Morgan fingerprint density at radius 1 is 1.22 bits per heavy atom. The summed E-state index contributed by atoms with van der Waals surface area (Å²) in [5.74, 6) is 0.320. The number of carbonyl (C=O) groups excluding carboxylic acids is 1. The highest BCUT2D eigenvalue weighted by Gasteiger charge is 2.21. The summed E-state index contributed by atoms with van der Waals surface area (Å²) in [6.07, 6.45) is 6.40. The Balaban J connectivity index is 1.78. The van der Waals surface area contributed by atoms with Crippen LogP contribution in [0.25, 0.3) is 0 Å². The van der Waals surface area contributed by atoms with E-state index in [-0.39, 0.29) is 12.0 Å². The van der Waals surface area contributed by atoms with Gasteiger partial charge in [0.05, 0.1) is 5.56 Å². The number of hydroxylamine groups is 1. The van der Waals surface area contributed by atoms with E-state index < -0.39 is 0 Å². The number of benzene rings is 1. The summed E-state index contributed by atoms with van der Waals surface area (Å²) >= 11 is 0. The van der Waals surface area contributed by atoms with Crippen LogP contribution in [0, 0.1) is 5.92 Å². The molecule has 1 atom stereocenters. The highest BCUT2D eigenvalue weighted by atomic mass is 16.7. The lowest BCUT2D eigenvalue weighted by atomic mass is 9.85. The van der Waals surface area contributed by atoms with Gasteiger partial charge in [0.1, 0.15) is 0 Å². The molecule has 0 amide bonds. The van der Waals surface area contributed by atoms with Crippen LogP contribution >= 0.6 is 0 Å². The first kappa shape index (κ1) is 13.1. The van der Waals surface area contributed by atoms with Crippen molar-refractivity contribution in [3.63, 3.8) is 0 Å². The number of hydrogen-bond donors (Lipinski definition) is 1. The van der Waals surface area contributed by atoms with Gasteiger partial charge in [-0.3, -0.25) is 0 Å². The van der Waals surface area contributed by atoms with Gasteiger partial charge in [0.15, 0.2) is 0 Å². The Morgan fingerprint density at radius 3 is 2.56 bits per heavy atom. The van der Waals surface area contributed by atoms with Crippen LogP contribution in [-0.2, 0) is 4.84 Å². The Hall–Kier alpha value is -1.35. The molecule has 0 unspecified atom stereocenters. The monoisotopic (exact) mass is 247 g/mol. The van der Waals surface area contributed by atoms with Crippen molar-refractivity contribution in [1.29, 1.82) is 0 Å². The summed E-state index contributed by atoms with van der Waals surface area (Å²) in [5.41, 5.74) is 3.49. The fourth-order valence-corrected chi connectivity index (χ4v) is 2.51. The van der Waals surface area contributed by atoms with Gasteiger partial charge in [-0.15, -0.1) is 5.48 Å². The van der Waals surface area contributed by atoms with Crippen molar-refractivity contribution >= 4 is 5.97 Å². The van der Waals surface area contributed by atoms with Gasteiger partial charge in [-0.25, -0.2) is 4.79 Å². The lowest BCUT2D eigenvalue weighted by Crippen LogP contribution is -2.36. The first-order valence-corrected chi connectivity index (χ1v) is 6.79. The topological polar surface area (TPSA) is 38.3 Å². The minimum absolute atomic E-state index is 0.234. The Labute approximate surface area is 108 Å². The molecule has 0 spiro atoms. The molecule has 1 aromatic carbocycles. The van der Waals surface area contributed by atoms with Crippen LogP contribution in [0.4, 0.5) is 0 Å². The van der Waals surface area contributed by atoms with Crippen molar-refractivity contribution in [1.82, 2.24) is 5.48 Å². The van der Waals surface area contributed by atoms with Crippen LogP contribution in [-0.4, -0.2) is 12.0 Å². The summed E-state index contributed by atoms with van der Waals surface area (Å²) in [5, 5.41) is 0. The average molecular weight is 247 g/mol. The van der Waals surface area contributed by atoms with E-state index in [1.807, 2.05) is 18.2 Å². The smallest absolute Gasteiger partial charge is 0.356 e. The molecule has 3 nitrogen and oxygen atoms in total. The number of nitrogens with one attached hydrogen (secondary N) is 1. The molecule has 98 valence electrons. The zero-order valence-electron chi connectivity index (χ0n) is 10.9. The maximum absolute atomic E-state index is 11.7. The fourth-order valence-electron chi connectivity index (χ4n) is 2.51. The molecular formula is C15H21NO2. The molecule has 0 radical (unpaired) electrons. The normalized spacial score (nSPS) is 18.3. The van der Waals surface area contributed by atoms with Gasteiger partial charge in [0.25, 0.3) is 0 Å². The summed E-state index contributed by atoms with van der Waals surface area (Å²) in [7, 11) is 0. The van der Waals surface area contributed by atoms with E-state index >= 15 is 0 Å². The molecule has 1 N–H and O–H groups in total. The zero-order valence-corrected chi connectivity index (χ0v) is 10.9. The summed E-state index contributed by atoms with van der Waals surface area (Å²) in [4.78, 5) is 16.9. The largest absolute Gasteiger partial charge is 0.366 e. The van der Waals surface area contributed by atoms with Crippen LogP contribution in [0.1, 0.15) is 49.4 Å². The predicted octanol–water partition coefficient (Wildman–Crippen LogP) is 3.32. The average Bonchev–Trinajstić information content (AvgIpc) is 2.46. The molecule has 0 heterocycles. The molecular weight excluding hydrogens is 226 g/mol. The molecule has 0 saturated heterocycles. The molecule has 18 heavy (non-hydrogen) atoms. The van der Waals surface area contributed by atoms with E-state index in [1.165, 1.54) is 32.1 Å². The van der Waals surface area contributed by atoms with E-state index in [1.54, 1.807) is 12.1 Å². The molecule has 0 aromatic heterocycles. The Bertz CT molecular complexity index is 371. The van der Waals surface area contributed by atoms with Crippen molar-refractivity contribution in [3.8, 4) is 0 Å². The molecule has 1 fully saturated rings. The molecule has 0 bridgehead atoms. The zero-order chi connectivity index (χ0) is 12.8. The van der Waals surface area contributed by atoms with E-state index in [0.29, 0.717) is 11.5 Å². The Morgan fingerprint density at radius 2 is 1.89 bits per heavy atom. The lowest BCUT2D eigenvalue weighted by molar-refractivity contribution is 0.00827. The first-order chi connectivity index (χ1) is 8.77. The van der Waals surface area contributed by atoms with Crippen LogP contribution in [0.2, 0.25) is 0 Å². The molecule has 1 aliphatic carbocycles. The van der Waals surface area contributed by atoms with Crippen molar-refractivity contribution in [2.45, 2.75) is 45.1 Å². The van der Waals surface area contributed by atoms with Crippen molar-refractivity contribution in [2.24, 2.45) is 5.92 Å². The maximum Gasteiger partial charge on any atom is 0.356 e. The standard InChI is InChI=1S/C15H21NO2/c1-12(13-8-4-2-5-9-13)16-18-15(17)14-10-6-3-7-11-14/h3,6-7,10-13,16H,2,4-5,8-9H2,1H3/t12-/m0/s1. The van der Waals surface area contributed by atoms with E-state index in [4.69, 9.17) is 4.84 Å². The van der Waals surface area contributed by atoms with Crippen LogP contribution in [0.3, 0.4) is 0 Å². The number of hydrogen-bond acceptors (Lipinski definition) is 3. The molecule has 1 saturated carbocycles. The van der Waals surface area contributed by atoms with Gasteiger partial charge in [-0.1, -0.05) is 37.5 Å². The van der Waals surface area contributed by atoms with Crippen molar-refractivity contribution in [2.75, 3.05) is 0 Å². The number of carbonyl (C=O) groups is 1. The van der Waals surface area contributed by atoms with E-state index in [0.717, 1.165) is 0 Å². The molecule has 0 aliphatic heterocycles. The lowest BCUT2D eigenvalue weighted by Gasteiger charge is -2.27. The highest BCUT2D eigenvalue weighted by molar-refractivity contribution is 5.89. The van der Waals surface area contributed by atoms with Crippen molar-refractivity contribution in [3.05, 3.63) is 35.9 Å². The summed E-state index contributed by atoms with van der Waals surface area (Å²) in [6.45, 7) is 2.09. The van der Waals surface area contributed by atoms with Gasteiger partial charge in [0.2, 0.25) is 0 Å². The van der Waals surface area contributed by atoms with Crippen LogP contribution in [0.15, 0.2) is 30.3 Å². The van der Waals surface area contributed by atoms with Crippen LogP contribution < -0.4 is 5.48 Å². The second kappa shape index (κ2) is 6.55. The minimum Gasteiger partial charge on any atom is -0.366 e. The highest BCUT2D eigenvalue weighted by Crippen LogP contribution is 2.26. The Kier molecular flexibility index (Phi) is 4.76. The van der Waals surface area contributed by atoms with Gasteiger partial charge in [0, 0.05) is 6.04 Å². The third-order valence-corrected chi connectivity index (χ3v) is 3.70. The number of rotatable bonds is 4. The van der Waals surface area contributed by atoms with Crippen molar-refractivity contribution < 1.29 is 9.63 Å². The summed E-state index contributed by atoms with van der Waals surface area (Å²) in [6, 6.07) is 9.31. The minimum atomic E-state index is -0.307. The van der Waals surface area contributed by atoms with E-state index in [9.17, 15) is 4.79 Å². The van der Waals surface area contributed by atoms with Gasteiger partial charge >= 0.3 is 5.97 Å². The first-order valence-electron chi connectivity index (χ1n) is 6.79. The second-order valence-corrected chi connectivity index (χ2v) is 5.06.